The smallest absolute Gasteiger partial charge is 0.138 e. The molecule has 5 aromatic rings. The van der Waals surface area contributed by atoms with Crippen LogP contribution >= 0.6 is 0 Å². The molecule has 0 spiro atoms. The molecule has 3 heterocycles. The number of nitrogen functional groups attached to an aromatic ring is 1. The van der Waals surface area contributed by atoms with E-state index in [-0.39, 0.29) is 6.04 Å². The molecule has 38 heavy (non-hydrogen) atoms. The van der Waals surface area contributed by atoms with Gasteiger partial charge >= 0.3 is 0 Å². The lowest BCUT2D eigenvalue weighted by Crippen LogP contribution is -2.21. The maximum Gasteiger partial charge on any atom is 0.138 e. The third-order valence-corrected chi connectivity index (χ3v) is 7.10. The van der Waals surface area contributed by atoms with Gasteiger partial charge in [0, 0.05) is 24.1 Å². The lowest BCUT2D eigenvalue weighted by molar-refractivity contribution is 0.818. The van der Waals surface area contributed by atoms with E-state index < -0.39 is 0 Å². The maximum absolute atomic E-state index is 6.73. The SMILES string of the molecule is C/C(=C\C=C(/N)n1c(NC2CN(c3ccccc3)c3ccccc32)c(N)c2ncccc21)c1ccccc1. The molecule has 0 saturated heterocycles. The minimum Gasteiger partial charge on any atom is -0.394 e. The lowest BCUT2D eigenvalue weighted by atomic mass is 10.1. The van der Waals surface area contributed by atoms with Crippen molar-refractivity contribution in [3.8, 4) is 0 Å². The highest BCUT2D eigenvalue weighted by Gasteiger charge is 2.31. The summed E-state index contributed by atoms with van der Waals surface area (Å²) in [5, 5.41) is 3.74. The number of pyridine rings is 1. The van der Waals surface area contributed by atoms with Crippen LogP contribution in [0, 0.1) is 0 Å². The van der Waals surface area contributed by atoms with Crippen LogP contribution in [0.3, 0.4) is 0 Å². The van der Waals surface area contributed by atoms with E-state index in [1.807, 2.05) is 53.1 Å². The molecule has 1 aliphatic rings. The van der Waals surface area contributed by atoms with E-state index >= 15 is 0 Å². The van der Waals surface area contributed by atoms with Gasteiger partial charge in [0.05, 0.1) is 11.6 Å². The Bertz CT molecular complexity index is 1650. The van der Waals surface area contributed by atoms with Crippen molar-refractivity contribution in [3.63, 3.8) is 0 Å². The Morgan fingerprint density at radius 2 is 1.61 bits per heavy atom. The minimum atomic E-state index is 0.00571. The molecule has 0 amide bonds. The van der Waals surface area contributed by atoms with Gasteiger partial charge in [-0.15, -0.1) is 0 Å². The minimum absolute atomic E-state index is 0.00571. The van der Waals surface area contributed by atoms with Gasteiger partial charge in [-0.1, -0.05) is 72.8 Å². The first kappa shape index (κ1) is 23.4. The second kappa shape index (κ2) is 9.82. The molecule has 1 atom stereocenters. The van der Waals surface area contributed by atoms with Crippen molar-refractivity contribution in [2.24, 2.45) is 5.73 Å². The fourth-order valence-corrected chi connectivity index (χ4v) is 5.18. The molecule has 1 aliphatic heterocycles. The molecule has 0 fully saturated rings. The largest absolute Gasteiger partial charge is 0.394 e. The number of benzene rings is 3. The van der Waals surface area contributed by atoms with Gasteiger partial charge in [0.2, 0.25) is 0 Å². The second-order valence-corrected chi connectivity index (χ2v) is 9.48. The van der Waals surface area contributed by atoms with Gasteiger partial charge in [-0.2, -0.15) is 0 Å². The molecule has 3 aromatic carbocycles. The third kappa shape index (κ3) is 4.16. The van der Waals surface area contributed by atoms with Crippen LogP contribution in [0.25, 0.3) is 22.4 Å². The first-order valence-electron chi connectivity index (χ1n) is 12.7. The molecular formula is C32H30N6. The molecule has 0 radical (unpaired) electrons. The normalized spacial score (nSPS) is 15.6. The maximum atomic E-state index is 6.73. The fourth-order valence-electron chi connectivity index (χ4n) is 5.18. The summed E-state index contributed by atoms with van der Waals surface area (Å²) in [4.78, 5) is 6.91. The highest BCUT2D eigenvalue weighted by molar-refractivity contribution is 5.99. The van der Waals surface area contributed by atoms with Gasteiger partial charge in [-0.05, 0) is 60.0 Å². The third-order valence-electron chi connectivity index (χ3n) is 7.10. The Hall–Kier alpha value is -4.97. The van der Waals surface area contributed by atoms with Crippen LogP contribution in [0.15, 0.2) is 115 Å². The molecule has 5 N–H and O–H groups in total. The molecule has 0 bridgehead atoms. The number of nitrogens with zero attached hydrogens (tertiary/aromatic N) is 3. The fraction of sp³-hybridized carbons (Fsp3) is 0.0938. The Kier molecular flexibility index (Phi) is 6.06. The van der Waals surface area contributed by atoms with E-state index in [2.05, 4.69) is 82.8 Å². The van der Waals surface area contributed by atoms with E-state index in [0.717, 1.165) is 40.2 Å². The van der Waals surface area contributed by atoms with Crippen LogP contribution in [0.4, 0.5) is 22.9 Å². The van der Waals surface area contributed by atoms with Crippen molar-refractivity contribution in [3.05, 3.63) is 127 Å². The number of fused-ring (bicyclic) bond motifs is 2. The molecule has 6 heteroatoms. The van der Waals surface area contributed by atoms with Crippen LogP contribution in [0.5, 0.6) is 0 Å². The van der Waals surface area contributed by atoms with Gasteiger partial charge in [0.25, 0.3) is 0 Å². The van der Waals surface area contributed by atoms with Crippen molar-refractivity contribution >= 4 is 45.3 Å². The van der Waals surface area contributed by atoms with Gasteiger partial charge in [-0.25, -0.2) is 0 Å². The number of para-hydroxylation sites is 2. The van der Waals surface area contributed by atoms with Crippen molar-refractivity contribution in [1.82, 2.24) is 9.55 Å². The van der Waals surface area contributed by atoms with Crippen molar-refractivity contribution in [1.29, 1.82) is 0 Å². The van der Waals surface area contributed by atoms with Crippen molar-refractivity contribution in [2.75, 3.05) is 22.5 Å². The number of allylic oxidation sites excluding steroid dienone is 3. The molecule has 1 unspecified atom stereocenters. The van der Waals surface area contributed by atoms with Gasteiger partial charge in [-0.3, -0.25) is 9.55 Å². The van der Waals surface area contributed by atoms with Gasteiger partial charge in [0.15, 0.2) is 0 Å². The Balaban J connectivity index is 1.41. The molecule has 188 valence electrons. The number of hydrogen-bond donors (Lipinski definition) is 3. The lowest BCUT2D eigenvalue weighted by Gasteiger charge is -2.21. The summed E-state index contributed by atoms with van der Waals surface area (Å²) in [6.07, 6.45) is 5.72. The van der Waals surface area contributed by atoms with Crippen LogP contribution in [0.1, 0.15) is 24.1 Å². The van der Waals surface area contributed by atoms with E-state index in [9.17, 15) is 0 Å². The summed E-state index contributed by atoms with van der Waals surface area (Å²) in [5.41, 5.74) is 21.4. The summed E-state index contributed by atoms with van der Waals surface area (Å²) in [7, 11) is 0. The number of nitrogens with one attached hydrogen (secondary N) is 1. The molecule has 0 saturated carbocycles. The quantitative estimate of drug-likeness (QED) is 0.225. The van der Waals surface area contributed by atoms with Gasteiger partial charge in [0.1, 0.15) is 22.8 Å². The topological polar surface area (TPSA) is 85.1 Å². The summed E-state index contributed by atoms with van der Waals surface area (Å²) in [6, 6.07) is 33.1. The van der Waals surface area contributed by atoms with E-state index in [0.29, 0.717) is 11.5 Å². The van der Waals surface area contributed by atoms with Crippen molar-refractivity contribution < 1.29 is 0 Å². The highest BCUT2D eigenvalue weighted by atomic mass is 15.2. The average molecular weight is 499 g/mol. The standard InChI is InChI=1S/C32H30N6/c1-22(23-11-4-2-5-12-23)18-19-29(33)38-28-17-10-20-35-31(28)30(34)32(38)36-26-21-37(24-13-6-3-7-14-24)27-16-9-8-15-25(26)27/h2-20,26,36H,21,33-34H2,1H3/b22-18+,29-19+. The first-order valence-corrected chi connectivity index (χ1v) is 12.7. The number of anilines is 4. The zero-order valence-corrected chi connectivity index (χ0v) is 21.3. The first-order chi connectivity index (χ1) is 18.6. The number of rotatable bonds is 6. The Morgan fingerprint density at radius 1 is 0.895 bits per heavy atom. The molecule has 6 rings (SSSR count). The van der Waals surface area contributed by atoms with Crippen LogP contribution in [-0.2, 0) is 0 Å². The Morgan fingerprint density at radius 3 is 2.39 bits per heavy atom. The Labute approximate surface area is 222 Å². The molecule has 0 aliphatic carbocycles. The second-order valence-electron chi connectivity index (χ2n) is 9.48. The zero-order valence-electron chi connectivity index (χ0n) is 21.3. The molecule has 6 nitrogen and oxygen atoms in total. The summed E-state index contributed by atoms with van der Waals surface area (Å²) in [6.45, 7) is 2.84. The van der Waals surface area contributed by atoms with Crippen LogP contribution in [-0.4, -0.2) is 16.1 Å². The molecule has 2 aromatic heterocycles. The monoisotopic (exact) mass is 498 g/mol. The summed E-state index contributed by atoms with van der Waals surface area (Å²) < 4.78 is 1.97. The van der Waals surface area contributed by atoms with Crippen molar-refractivity contribution in [2.45, 2.75) is 13.0 Å². The number of nitrogens with two attached hydrogens (primary N) is 2. The summed E-state index contributed by atoms with van der Waals surface area (Å²) >= 11 is 0. The van der Waals surface area contributed by atoms with E-state index in [4.69, 9.17) is 11.5 Å². The summed E-state index contributed by atoms with van der Waals surface area (Å²) in [5.74, 6) is 1.30. The van der Waals surface area contributed by atoms with Crippen LogP contribution < -0.4 is 21.7 Å². The number of hydrogen-bond acceptors (Lipinski definition) is 5. The highest BCUT2D eigenvalue weighted by Crippen LogP contribution is 2.43. The number of aromatic nitrogens is 2. The predicted octanol–water partition coefficient (Wildman–Crippen LogP) is 6.78. The zero-order chi connectivity index (χ0) is 26.1. The predicted molar refractivity (Wildman–Crippen MR) is 159 cm³/mol. The molecular weight excluding hydrogens is 468 g/mol. The van der Waals surface area contributed by atoms with Gasteiger partial charge < -0.3 is 21.7 Å². The van der Waals surface area contributed by atoms with E-state index in [1.165, 1.54) is 11.3 Å². The van der Waals surface area contributed by atoms with Crippen LogP contribution in [0.2, 0.25) is 0 Å². The van der Waals surface area contributed by atoms with E-state index in [1.54, 1.807) is 6.20 Å². The average Bonchev–Trinajstić information content (AvgIpc) is 3.48.